The Kier molecular flexibility index (Phi) is 7.36. The average molecular weight is 459 g/mol. The maximum absolute atomic E-state index is 13.0. The Labute approximate surface area is 189 Å². The molecular weight excluding hydrogens is 428 g/mol. The number of piperidine rings is 1. The zero-order valence-corrected chi connectivity index (χ0v) is 19.7. The topological polar surface area (TPSA) is 92.8 Å². The van der Waals surface area contributed by atoms with E-state index in [0.29, 0.717) is 30.6 Å². The molecule has 1 amide bonds. The molecule has 2 atom stereocenters. The van der Waals surface area contributed by atoms with Crippen molar-refractivity contribution < 1.29 is 22.7 Å². The summed E-state index contributed by atoms with van der Waals surface area (Å²) in [6.07, 6.45) is 1.01. The van der Waals surface area contributed by atoms with Crippen LogP contribution >= 0.6 is 0 Å². The van der Waals surface area contributed by atoms with Gasteiger partial charge < -0.3 is 10.1 Å². The van der Waals surface area contributed by atoms with Gasteiger partial charge in [0.05, 0.1) is 10.5 Å². The number of hydrogen-bond acceptors (Lipinski definition) is 5. The van der Waals surface area contributed by atoms with Gasteiger partial charge in [0.15, 0.2) is 6.61 Å². The smallest absolute Gasteiger partial charge is 0.338 e. The molecule has 0 aromatic heterocycles. The molecule has 1 aliphatic rings. The van der Waals surface area contributed by atoms with Crippen LogP contribution in [0.1, 0.15) is 41.8 Å². The van der Waals surface area contributed by atoms with Gasteiger partial charge in [-0.3, -0.25) is 4.79 Å². The average Bonchev–Trinajstić information content (AvgIpc) is 2.74. The van der Waals surface area contributed by atoms with Crippen LogP contribution in [0.25, 0.3) is 0 Å². The number of carbonyl (C=O) groups excluding carboxylic acids is 2. The fourth-order valence-electron chi connectivity index (χ4n) is 4.00. The summed E-state index contributed by atoms with van der Waals surface area (Å²) in [6, 6.07) is 11.2. The van der Waals surface area contributed by atoms with Crippen LogP contribution in [0.15, 0.2) is 47.4 Å². The zero-order valence-electron chi connectivity index (χ0n) is 18.9. The van der Waals surface area contributed by atoms with Crippen LogP contribution < -0.4 is 5.32 Å². The molecule has 0 spiro atoms. The molecular formula is C24H30N2O5S. The van der Waals surface area contributed by atoms with E-state index in [4.69, 9.17) is 4.74 Å². The van der Waals surface area contributed by atoms with Crippen molar-refractivity contribution in [3.63, 3.8) is 0 Å². The maximum atomic E-state index is 13.0. The number of ether oxygens (including phenoxy) is 1. The van der Waals surface area contributed by atoms with Crippen LogP contribution in [-0.4, -0.2) is 44.3 Å². The highest BCUT2D eigenvalue weighted by molar-refractivity contribution is 7.89. The molecule has 1 heterocycles. The zero-order chi connectivity index (χ0) is 23.5. The van der Waals surface area contributed by atoms with Crippen LogP contribution in [0.3, 0.4) is 0 Å². The van der Waals surface area contributed by atoms with E-state index < -0.39 is 28.5 Å². The van der Waals surface area contributed by atoms with E-state index in [1.165, 1.54) is 28.6 Å². The van der Waals surface area contributed by atoms with Gasteiger partial charge in [-0.2, -0.15) is 4.31 Å². The number of aryl methyl sites for hydroxylation is 1. The lowest BCUT2D eigenvalue weighted by Crippen LogP contribution is -2.42. The van der Waals surface area contributed by atoms with E-state index >= 15 is 0 Å². The number of carbonyl (C=O) groups is 2. The summed E-state index contributed by atoms with van der Waals surface area (Å²) in [7, 11) is -3.62. The standard InChI is InChI=1S/C24H30N2O5S/c1-16-12-17(2)14-26(13-16)32(29,30)21-10-8-20(9-11-21)24(28)31-15-23(27)25-22-7-5-6-18(3)19(22)4/h5-11,16-17H,12-15H2,1-4H3,(H,25,27)/t16-,17-/m0/s1. The van der Waals surface area contributed by atoms with E-state index in [0.717, 1.165) is 17.5 Å². The molecule has 2 aromatic rings. The number of nitrogens with zero attached hydrogens (tertiary/aromatic N) is 1. The van der Waals surface area contributed by atoms with Crippen LogP contribution in [0.5, 0.6) is 0 Å². The lowest BCUT2D eigenvalue weighted by molar-refractivity contribution is -0.119. The molecule has 0 unspecified atom stereocenters. The summed E-state index contributed by atoms with van der Waals surface area (Å²) in [5.41, 5.74) is 2.84. The minimum absolute atomic E-state index is 0.142. The van der Waals surface area contributed by atoms with Crippen molar-refractivity contribution in [1.82, 2.24) is 4.31 Å². The van der Waals surface area contributed by atoms with Crippen molar-refractivity contribution >= 4 is 27.6 Å². The first-order chi connectivity index (χ1) is 15.1. The lowest BCUT2D eigenvalue weighted by Gasteiger charge is -2.34. The molecule has 1 N–H and O–H groups in total. The molecule has 32 heavy (non-hydrogen) atoms. The molecule has 8 heteroatoms. The third-order valence-corrected chi connectivity index (χ3v) is 7.62. The summed E-state index contributed by atoms with van der Waals surface area (Å²) in [5, 5.41) is 2.73. The first-order valence-corrected chi connectivity index (χ1v) is 12.2. The molecule has 1 aliphatic heterocycles. The Morgan fingerprint density at radius 1 is 1.03 bits per heavy atom. The van der Waals surface area contributed by atoms with Crippen molar-refractivity contribution in [3.8, 4) is 0 Å². The third kappa shape index (κ3) is 5.55. The fourth-order valence-corrected chi connectivity index (χ4v) is 5.68. The third-order valence-electron chi connectivity index (χ3n) is 5.78. The summed E-state index contributed by atoms with van der Waals surface area (Å²) in [5.74, 6) is -0.528. The van der Waals surface area contributed by atoms with Crippen molar-refractivity contribution in [2.45, 2.75) is 39.0 Å². The molecule has 172 valence electrons. The van der Waals surface area contributed by atoms with E-state index in [-0.39, 0.29) is 10.5 Å². The molecule has 0 radical (unpaired) electrons. The van der Waals surface area contributed by atoms with E-state index in [9.17, 15) is 18.0 Å². The van der Waals surface area contributed by atoms with Gasteiger partial charge >= 0.3 is 5.97 Å². The summed E-state index contributed by atoms with van der Waals surface area (Å²) in [4.78, 5) is 24.6. The second-order valence-corrected chi connectivity index (χ2v) is 10.6. The second kappa shape index (κ2) is 9.83. The van der Waals surface area contributed by atoms with Gasteiger partial charge in [0.25, 0.3) is 5.91 Å². The van der Waals surface area contributed by atoms with E-state index in [1.54, 1.807) is 6.07 Å². The minimum atomic E-state index is -3.62. The van der Waals surface area contributed by atoms with E-state index in [2.05, 4.69) is 5.32 Å². The quantitative estimate of drug-likeness (QED) is 0.666. The largest absolute Gasteiger partial charge is 0.452 e. The predicted molar refractivity (Wildman–Crippen MR) is 123 cm³/mol. The van der Waals surface area contributed by atoms with Gasteiger partial charge in [-0.1, -0.05) is 26.0 Å². The van der Waals surface area contributed by atoms with Gasteiger partial charge in [0.1, 0.15) is 0 Å². The molecule has 0 saturated carbocycles. The molecule has 0 aliphatic carbocycles. The second-order valence-electron chi connectivity index (χ2n) is 8.66. The number of rotatable bonds is 6. The Bertz CT molecular complexity index is 1090. The van der Waals surface area contributed by atoms with Gasteiger partial charge in [0.2, 0.25) is 10.0 Å². The highest BCUT2D eigenvalue weighted by Crippen LogP contribution is 2.27. The maximum Gasteiger partial charge on any atom is 0.338 e. The van der Waals surface area contributed by atoms with Gasteiger partial charge in [0, 0.05) is 18.8 Å². The molecule has 0 bridgehead atoms. The molecule has 1 saturated heterocycles. The number of sulfonamides is 1. The van der Waals surface area contributed by atoms with Crippen LogP contribution in [0.4, 0.5) is 5.69 Å². The predicted octanol–water partition coefficient (Wildman–Crippen LogP) is 3.77. The monoisotopic (exact) mass is 458 g/mol. The minimum Gasteiger partial charge on any atom is -0.452 e. The highest BCUT2D eigenvalue weighted by Gasteiger charge is 2.31. The van der Waals surface area contributed by atoms with Crippen molar-refractivity contribution in [2.75, 3.05) is 25.0 Å². The van der Waals surface area contributed by atoms with E-state index in [1.807, 2.05) is 39.8 Å². The summed E-state index contributed by atoms with van der Waals surface area (Å²) < 4.78 is 32.5. The Morgan fingerprint density at radius 3 is 2.28 bits per heavy atom. The highest BCUT2D eigenvalue weighted by atomic mass is 32.2. The fraction of sp³-hybridized carbons (Fsp3) is 0.417. The number of hydrogen-bond donors (Lipinski definition) is 1. The Hall–Kier alpha value is -2.71. The molecule has 1 fully saturated rings. The molecule has 2 aromatic carbocycles. The van der Waals surface area contributed by atoms with Crippen LogP contribution in [0, 0.1) is 25.7 Å². The first-order valence-electron chi connectivity index (χ1n) is 10.7. The van der Waals surface area contributed by atoms with Crippen molar-refractivity contribution in [3.05, 3.63) is 59.2 Å². The molecule has 3 rings (SSSR count). The lowest BCUT2D eigenvalue weighted by atomic mass is 9.94. The van der Waals surface area contributed by atoms with Crippen LogP contribution in [-0.2, 0) is 19.6 Å². The number of benzene rings is 2. The van der Waals surface area contributed by atoms with Gasteiger partial charge in [-0.15, -0.1) is 0 Å². The SMILES string of the molecule is Cc1cccc(NC(=O)COC(=O)c2ccc(S(=O)(=O)N3C[C@@H](C)C[C@H](C)C3)cc2)c1C. The van der Waals surface area contributed by atoms with Crippen LogP contribution in [0.2, 0.25) is 0 Å². The number of esters is 1. The van der Waals surface area contributed by atoms with Crippen molar-refractivity contribution in [1.29, 1.82) is 0 Å². The Morgan fingerprint density at radius 2 is 1.66 bits per heavy atom. The Balaban J connectivity index is 1.60. The van der Waals surface area contributed by atoms with Gasteiger partial charge in [-0.25, -0.2) is 13.2 Å². The number of anilines is 1. The van der Waals surface area contributed by atoms with Gasteiger partial charge in [-0.05, 0) is 73.6 Å². The number of nitrogens with one attached hydrogen (secondary N) is 1. The van der Waals surface area contributed by atoms with Crippen molar-refractivity contribution in [2.24, 2.45) is 11.8 Å². The normalized spacial score (nSPS) is 19.4. The summed E-state index contributed by atoms with van der Waals surface area (Å²) >= 11 is 0. The molecule has 7 nitrogen and oxygen atoms in total. The first kappa shape index (κ1) is 23.9. The summed E-state index contributed by atoms with van der Waals surface area (Å²) in [6.45, 7) is 8.49. The number of amides is 1.